The van der Waals surface area contributed by atoms with Crippen molar-refractivity contribution in [2.45, 2.75) is 30.5 Å². The predicted molar refractivity (Wildman–Crippen MR) is 93.2 cm³/mol. The third kappa shape index (κ3) is 3.00. The van der Waals surface area contributed by atoms with Gasteiger partial charge in [-0.05, 0) is 18.6 Å². The van der Waals surface area contributed by atoms with E-state index in [1.165, 1.54) is 0 Å². The average molecular weight is 387 g/mol. The molecule has 4 atom stereocenters. The van der Waals surface area contributed by atoms with Crippen molar-refractivity contribution >= 4 is 29.1 Å². The summed E-state index contributed by atoms with van der Waals surface area (Å²) in [5.74, 6) is 0.100. The summed E-state index contributed by atoms with van der Waals surface area (Å²) < 4.78 is 5.32. The zero-order chi connectivity index (χ0) is 17.7. The lowest BCUT2D eigenvalue weighted by molar-refractivity contribution is -0.139. The van der Waals surface area contributed by atoms with Gasteiger partial charge in [-0.1, -0.05) is 23.2 Å². The Balaban J connectivity index is 1.55. The fourth-order valence-corrected chi connectivity index (χ4v) is 4.76. The van der Waals surface area contributed by atoms with Crippen molar-refractivity contribution in [1.82, 2.24) is 9.80 Å². The first-order valence-corrected chi connectivity index (χ1v) is 9.17. The van der Waals surface area contributed by atoms with Crippen LogP contribution in [0.25, 0.3) is 0 Å². The highest BCUT2D eigenvalue weighted by Crippen LogP contribution is 2.43. The minimum Gasteiger partial charge on any atom is -0.508 e. The van der Waals surface area contributed by atoms with Crippen molar-refractivity contribution in [2.24, 2.45) is 0 Å². The van der Waals surface area contributed by atoms with Crippen molar-refractivity contribution in [3.8, 4) is 5.75 Å². The number of carbonyl (C=O) groups excluding carboxylic acids is 1. The summed E-state index contributed by atoms with van der Waals surface area (Å²) in [4.78, 5) is 16.5. The number of aliphatic hydroxyl groups excluding tert-OH is 1. The quantitative estimate of drug-likeness (QED) is 0.804. The van der Waals surface area contributed by atoms with E-state index in [0.29, 0.717) is 48.3 Å². The van der Waals surface area contributed by atoms with E-state index in [0.717, 1.165) is 0 Å². The van der Waals surface area contributed by atoms with Crippen LogP contribution in [0.3, 0.4) is 0 Å². The number of nitrogens with zero attached hydrogens (tertiary/aromatic N) is 2. The van der Waals surface area contributed by atoms with E-state index in [4.69, 9.17) is 27.9 Å². The number of fused-ring (bicyclic) bond motifs is 1. The summed E-state index contributed by atoms with van der Waals surface area (Å²) in [5.41, 5.74) is 0.618. The van der Waals surface area contributed by atoms with Gasteiger partial charge in [0.05, 0.1) is 41.9 Å². The van der Waals surface area contributed by atoms with Gasteiger partial charge in [-0.25, -0.2) is 0 Å². The van der Waals surface area contributed by atoms with Crippen molar-refractivity contribution < 1.29 is 19.7 Å². The van der Waals surface area contributed by atoms with Crippen LogP contribution in [-0.4, -0.2) is 77.0 Å². The van der Waals surface area contributed by atoms with Crippen molar-refractivity contribution in [2.75, 3.05) is 32.8 Å². The second-order valence-corrected chi connectivity index (χ2v) is 7.81. The molecule has 1 aromatic carbocycles. The van der Waals surface area contributed by atoms with Crippen molar-refractivity contribution in [3.05, 3.63) is 27.7 Å². The number of rotatable bonds is 2. The Morgan fingerprint density at radius 2 is 2.00 bits per heavy atom. The molecule has 0 bridgehead atoms. The van der Waals surface area contributed by atoms with E-state index in [9.17, 15) is 15.0 Å². The van der Waals surface area contributed by atoms with Gasteiger partial charge in [0.25, 0.3) is 0 Å². The van der Waals surface area contributed by atoms with E-state index >= 15 is 0 Å². The average Bonchev–Trinajstić information content (AvgIpc) is 3.18. The monoisotopic (exact) mass is 386 g/mol. The molecule has 0 radical (unpaired) electrons. The number of piperazine rings is 1. The molecule has 136 valence electrons. The Bertz CT molecular complexity index is 701. The third-order valence-electron chi connectivity index (χ3n) is 5.53. The Kier molecular flexibility index (Phi) is 4.58. The number of aromatic hydroxyl groups is 1. The first-order valence-electron chi connectivity index (χ1n) is 8.42. The van der Waals surface area contributed by atoms with Crippen LogP contribution in [0.4, 0.5) is 0 Å². The van der Waals surface area contributed by atoms with Gasteiger partial charge in [0.1, 0.15) is 5.75 Å². The van der Waals surface area contributed by atoms with Crippen LogP contribution in [-0.2, 0) is 9.53 Å². The summed E-state index contributed by atoms with van der Waals surface area (Å²) >= 11 is 12.4. The molecule has 3 heterocycles. The highest BCUT2D eigenvalue weighted by molar-refractivity contribution is 6.42. The Morgan fingerprint density at radius 3 is 2.72 bits per heavy atom. The lowest BCUT2D eigenvalue weighted by Gasteiger charge is -2.40. The molecule has 2 unspecified atom stereocenters. The van der Waals surface area contributed by atoms with Gasteiger partial charge in [-0.15, -0.1) is 0 Å². The molecule has 3 aliphatic heterocycles. The maximum atomic E-state index is 12.6. The summed E-state index contributed by atoms with van der Waals surface area (Å²) in [5, 5.41) is 21.0. The number of hydrogen-bond donors (Lipinski definition) is 2. The number of aliphatic hydroxyl groups is 1. The number of amides is 1. The Morgan fingerprint density at radius 1 is 1.20 bits per heavy atom. The minimum absolute atomic E-state index is 0.0356. The number of carbonyl (C=O) groups is 1. The standard InChI is InChI=1S/C17H20Cl2N2O4/c18-11-1-2-13(22)16(17(11)19)9-3-10-5-20(6-15(24)21(10)4-9)12-7-25-8-14(12)23/h1-2,9-10,12,14,22-23H,3-8H2/t9-,10-,12?,14?/m0/s1. The maximum Gasteiger partial charge on any atom is 0.237 e. The molecular weight excluding hydrogens is 367 g/mol. The summed E-state index contributed by atoms with van der Waals surface area (Å²) in [6.07, 6.45) is 0.155. The van der Waals surface area contributed by atoms with Crippen LogP contribution < -0.4 is 0 Å². The molecule has 3 saturated heterocycles. The number of phenols is 1. The molecule has 1 aromatic rings. The highest BCUT2D eigenvalue weighted by atomic mass is 35.5. The molecule has 8 heteroatoms. The van der Waals surface area contributed by atoms with Crippen LogP contribution >= 0.6 is 23.2 Å². The Labute approximate surface area is 155 Å². The fourth-order valence-electron chi connectivity index (χ4n) is 4.28. The van der Waals surface area contributed by atoms with Crippen LogP contribution in [0.1, 0.15) is 17.9 Å². The molecule has 3 fully saturated rings. The van der Waals surface area contributed by atoms with E-state index in [1.54, 1.807) is 12.1 Å². The van der Waals surface area contributed by atoms with Gasteiger partial charge in [0.15, 0.2) is 0 Å². The lowest BCUT2D eigenvalue weighted by Crippen LogP contribution is -2.58. The largest absolute Gasteiger partial charge is 0.508 e. The number of benzene rings is 1. The maximum absolute atomic E-state index is 12.6. The van der Waals surface area contributed by atoms with E-state index in [2.05, 4.69) is 0 Å². The number of hydrogen-bond acceptors (Lipinski definition) is 5. The molecule has 6 nitrogen and oxygen atoms in total. The van der Waals surface area contributed by atoms with Crippen molar-refractivity contribution in [1.29, 1.82) is 0 Å². The molecular formula is C17H20Cl2N2O4. The first-order chi connectivity index (χ1) is 12.0. The molecule has 4 rings (SSSR count). The molecule has 0 spiro atoms. The van der Waals surface area contributed by atoms with E-state index < -0.39 is 6.10 Å². The second kappa shape index (κ2) is 6.59. The normalized spacial score (nSPS) is 33.1. The molecule has 0 saturated carbocycles. The topological polar surface area (TPSA) is 73.2 Å². The number of halogens is 2. The van der Waals surface area contributed by atoms with Gasteiger partial charge in [-0.3, -0.25) is 9.69 Å². The SMILES string of the molecule is O=C1CN(C2COCC2O)C[C@@H]2C[C@H](c3c(O)ccc(Cl)c3Cl)CN12. The predicted octanol–water partition coefficient (Wildman–Crippen LogP) is 1.46. The minimum atomic E-state index is -0.553. The number of phenolic OH excluding ortho intramolecular Hbond substituents is 1. The molecule has 0 aromatic heterocycles. The Hall–Kier alpha value is -1.05. The second-order valence-electron chi connectivity index (χ2n) is 7.03. The molecule has 1 amide bonds. The summed E-state index contributed by atoms with van der Waals surface area (Å²) in [6.45, 7) is 2.26. The van der Waals surface area contributed by atoms with E-state index in [-0.39, 0.29) is 36.2 Å². The van der Waals surface area contributed by atoms with Gasteiger partial charge >= 0.3 is 0 Å². The molecule has 25 heavy (non-hydrogen) atoms. The molecule has 2 N–H and O–H groups in total. The van der Waals surface area contributed by atoms with Crippen LogP contribution in [0.2, 0.25) is 10.0 Å². The van der Waals surface area contributed by atoms with Gasteiger partial charge in [0.2, 0.25) is 5.91 Å². The lowest BCUT2D eigenvalue weighted by atomic mass is 9.95. The van der Waals surface area contributed by atoms with Crippen LogP contribution in [0.15, 0.2) is 12.1 Å². The smallest absolute Gasteiger partial charge is 0.237 e. The molecule has 3 aliphatic rings. The van der Waals surface area contributed by atoms with Gasteiger partial charge < -0.3 is 19.8 Å². The van der Waals surface area contributed by atoms with E-state index in [1.807, 2.05) is 9.80 Å². The third-order valence-corrected chi connectivity index (χ3v) is 6.35. The first kappa shape index (κ1) is 17.4. The van der Waals surface area contributed by atoms with Crippen molar-refractivity contribution in [3.63, 3.8) is 0 Å². The zero-order valence-corrected chi connectivity index (χ0v) is 15.1. The zero-order valence-electron chi connectivity index (χ0n) is 13.6. The van der Waals surface area contributed by atoms with Crippen LogP contribution in [0.5, 0.6) is 5.75 Å². The summed E-state index contributed by atoms with van der Waals surface area (Å²) in [6, 6.07) is 3.02. The van der Waals surface area contributed by atoms with Gasteiger partial charge in [-0.2, -0.15) is 0 Å². The molecule has 0 aliphatic carbocycles. The highest BCUT2D eigenvalue weighted by Gasteiger charge is 2.45. The number of ether oxygens (including phenoxy) is 1. The summed E-state index contributed by atoms with van der Waals surface area (Å²) in [7, 11) is 0. The van der Waals surface area contributed by atoms with Crippen LogP contribution in [0, 0.1) is 0 Å². The van der Waals surface area contributed by atoms with Gasteiger partial charge in [0, 0.05) is 30.6 Å². The fraction of sp³-hybridized carbons (Fsp3) is 0.588.